The van der Waals surface area contributed by atoms with E-state index < -0.39 is 0 Å². The lowest BCUT2D eigenvalue weighted by Crippen LogP contribution is -2.01. The van der Waals surface area contributed by atoms with E-state index in [0.29, 0.717) is 5.92 Å². The first-order chi connectivity index (χ1) is 17.3. The fraction of sp³-hybridized carbons (Fsp3) is 0.312. The zero-order chi connectivity index (χ0) is 24.0. The largest absolute Gasteiger partial charge is 0.494 e. The fourth-order valence-electron chi connectivity index (χ4n) is 5.36. The molecule has 1 fully saturated rings. The molecule has 3 nitrogen and oxygen atoms in total. The van der Waals surface area contributed by atoms with Crippen LogP contribution < -0.4 is 4.74 Å². The van der Waals surface area contributed by atoms with Crippen molar-refractivity contribution in [3.8, 4) is 17.0 Å². The molecule has 2 aromatic heterocycles. The van der Waals surface area contributed by atoms with Crippen LogP contribution in [0.3, 0.4) is 0 Å². The average Bonchev–Trinajstić information content (AvgIpc) is 3.32. The van der Waals surface area contributed by atoms with E-state index in [1.54, 1.807) is 11.1 Å². The Bertz CT molecular complexity index is 1350. The van der Waals surface area contributed by atoms with E-state index in [4.69, 9.17) is 9.72 Å². The number of hydrogen-bond acceptors (Lipinski definition) is 3. The van der Waals surface area contributed by atoms with Crippen molar-refractivity contribution in [1.82, 2.24) is 9.97 Å². The lowest BCUT2D eigenvalue weighted by atomic mass is 9.92. The van der Waals surface area contributed by atoms with Crippen LogP contribution in [0.15, 0.2) is 90.2 Å². The van der Waals surface area contributed by atoms with E-state index in [-0.39, 0.29) is 0 Å². The smallest absolute Gasteiger partial charge is 0.119 e. The molecule has 35 heavy (non-hydrogen) atoms. The predicted octanol–water partition coefficient (Wildman–Crippen LogP) is 8.69. The zero-order valence-electron chi connectivity index (χ0n) is 20.8. The van der Waals surface area contributed by atoms with Crippen molar-refractivity contribution in [3.05, 3.63) is 90.2 Å². The molecule has 0 bridgehead atoms. The molecule has 0 spiro atoms. The minimum absolute atomic E-state index is 0.691. The number of fused-ring (bicyclic) bond motifs is 3. The molecule has 178 valence electrons. The Morgan fingerprint density at radius 2 is 1.51 bits per heavy atom. The molecule has 0 atom stereocenters. The topological polar surface area (TPSA) is 35.0 Å². The molecule has 2 heterocycles. The second-order valence-corrected chi connectivity index (χ2v) is 9.41. The summed E-state index contributed by atoms with van der Waals surface area (Å²) in [7, 11) is 0. The Balaban J connectivity index is 1.15. The Labute approximate surface area is 208 Å². The molecule has 0 unspecified atom stereocenters. The molecular formula is C32H34N2O. The normalized spacial score (nSPS) is 16.6. The molecule has 0 saturated heterocycles. The van der Waals surface area contributed by atoms with Gasteiger partial charge in [0.05, 0.1) is 23.3 Å². The van der Waals surface area contributed by atoms with Crippen LogP contribution in [-0.2, 0) is 0 Å². The van der Waals surface area contributed by atoms with Crippen molar-refractivity contribution < 1.29 is 4.74 Å². The molecule has 0 radical (unpaired) electrons. The monoisotopic (exact) mass is 462 g/mol. The molecule has 2 aromatic carbocycles. The highest BCUT2D eigenvalue weighted by molar-refractivity contribution is 6.03. The Morgan fingerprint density at radius 1 is 0.800 bits per heavy atom. The number of benzene rings is 2. The number of rotatable bonds is 8. The quantitative estimate of drug-likeness (QED) is 0.149. The number of nitrogens with zero attached hydrogens (tertiary/aromatic N) is 2. The number of hydrogen-bond donors (Lipinski definition) is 0. The summed E-state index contributed by atoms with van der Waals surface area (Å²) in [4.78, 5) is 9.51. The third kappa shape index (κ3) is 5.14. The van der Waals surface area contributed by atoms with E-state index in [0.717, 1.165) is 51.8 Å². The van der Waals surface area contributed by atoms with E-state index in [2.05, 4.69) is 85.6 Å². The Hall–Kier alpha value is -3.46. The maximum Gasteiger partial charge on any atom is 0.119 e. The van der Waals surface area contributed by atoms with Crippen molar-refractivity contribution in [2.45, 2.75) is 52.4 Å². The molecule has 1 aliphatic carbocycles. The van der Waals surface area contributed by atoms with E-state index in [1.807, 2.05) is 12.3 Å². The second-order valence-electron chi connectivity index (χ2n) is 9.41. The first-order valence-corrected chi connectivity index (χ1v) is 12.9. The molecular weight excluding hydrogens is 428 g/mol. The Kier molecular flexibility index (Phi) is 7.23. The third-order valence-corrected chi connectivity index (χ3v) is 7.33. The van der Waals surface area contributed by atoms with Gasteiger partial charge in [-0.3, -0.25) is 4.98 Å². The maximum atomic E-state index is 6.03. The predicted molar refractivity (Wildman–Crippen MR) is 147 cm³/mol. The summed E-state index contributed by atoms with van der Waals surface area (Å²) in [5.74, 6) is 1.61. The minimum Gasteiger partial charge on any atom is -0.494 e. The van der Waals surface area contributed by atoms with Gasteiger partial charge >= 0.3 is 0 Å². The van der Waals surface area contributed by atoms with Gasteiger partial charge in [0.15, 0.2) is 0 Å². The number of allylic oxidation sites excluding steroid dienone is 4. The van der Waals surface area contributed by atoms with E-state index in [1.165, 1.54) is 32.1 Å². The highest BCUT2D eigenvalue weighted by atomic mass is 16.5. The molecule has 5 rings (SSSR count). The van der Waals surface area contributed by atoms with Crippen LogP contribution in [0.4, 0.5) is 0 Å². The maximum absolute atomic E-state index is 6.03. The van der Waals surface area contributed by atoms with Crippen molar-refractivity contribution in [3.63, 3.8) is 0 Å². The highest BCUT2D eigenvalue weighted by Gasteiger charge is 2.23. The molecule has 1 aliphatic rings. The van der Waals surface area contributed by atoms with Crippen LogP contribution in [0.1, 0.15) is 52.4 Å². The van der Waals surface area contributed by atoms with Crippen molar-refractivity contribution in [1.29, 1.82) is 0 Å². The van der Waals surface area contributed by atoms with Gasteiger partial charge in [0.2, 0.25) is 0 Å². The van der Waals surface area contributed by atoms with Crippen LogP contribution in [0.5, 0.6) is 5.75 Å². The molecule has 0 N–H and O–H groups in total. The first kappa shape index (κ1) is 23.3. The van der Waals surface area contributed by atoms with Gasteiger partial charge in [-0.2, -0.15) is 0 Å². The molecule has 3 heteroatoms. The van der Waals surface area contributed by atoms with E-state index >= 15 is 0 Å². The second kappa shape index (κ2) is 10.9. The van der Waals surface area contributed by atoms with Gasteiger partial charge in [-0.05, 0) is 75.9 Å². The van der Waals surface area contributed by atoms with Crippen LogP contribution in [0.2, 0.25) is 0 Å². The lowest BCUT2D eigenvalue weighted by molar-refractivity contribution is 0.304. The Morgan fingerprint density at radius 3 is 2.26 bits per heavy atom. The third-order valence-electron chi connectivity index (χ3n) is 7.33. The number of unbranched alkanes of at least 4 members (excludes halogenated alkanes) is 2. The molecule has 1 saturated carbocycles. The summed E-state index contributed by atoms with van der Waals surface area (Å²) in [6, 6.07) is 20.8. The van der Waals surface area contributed by atoms with Crippen molar-refractivity contribution >= 4 is 21.8 Å². The van der Waals surface area contributed by atoms with Crippen molar-refractivity contribution in [2.75, 3.05) is 6.61 Å². The summed E-state index contributed by atoms with van der Waals surface area (Å²) in [5.41, 5.74) is 7.21. The summed E-state index contributed by atoms with van der Waals surface area (Å²) < 4.78 is 6.03. The standard InChI is InChI=1S/C32H34N2O/c1-3-23-11-12-24(4-2)29(23)10-6-5-7-22-35-28-18-15-25(16-19-28)30-20-17-27-14-13-26-9-8-21-33-31(26)32(27)34-30/h3-4,8-9,13-21,29H,5-7,10-12,22H2,1-2H3/b23-3+,24-4+. The summed E-state index contributed by atoms with van der Waals surface area (Å²) in [5, 5.41) is 2.22. The number of pyridine rings is 2. The number of aromatic nitrogens is 2. The SMILES string of the molecule is C/C=C1\CC/C(=C\C)C1CCCCCOc1ccc(-c2ccc3ccc4cccnc4c3n2)cc1. The molecule has 0 amide bonds. The minimum atomic E-state index is 0.691. The van der Waals surface area contributed by atoms with Crippen LogP contribution in [-0.4, -0.2) is 16.6 Å². The first-order valence-electron chi connectivity index (χ1n) is 12.9. The van der Waals surface area contributed by atoms with Crippen LogP contribution >= 0.6 is 0 Å². The van der Waals surface area contributed by atoms with Gasteiger partial charge in [-0.25, -0.2) is 4.98 Å². The van der Waals surface area contributed by atoms with Crippen LogP contribution in [0, 0.1) is 5.92 Å². The molecule has 0 aliphatic heterocycles. The van der Waals surface area contributed by atoms with Gasteiger partial charge in [-0.15, -0.1) is 0 Å². The summed E-state index contributed by atoms with van der Waals surface area (Å²) in [6.45, 7) is 5.15. The molecule has 4 aromatic rings. The van der Waals surface area contributed by atoms with Gasteiger partial charge in [0.1, 0.15) is 5.75 Å². The van der Waals surface area contributed by atoms with E-state index in [9.17, 15) is 0 Å². The van der Waals surface area contributed by atoms with Crippen LogP contribution in [0.25, 0.3) is 33.1 Å². The number of ether oxygens (including phenoxy) is 1. The van der Waals surface area contributed by atoms with Gasteiger partial charge < -0.3 is 4.74 Å². The fourth-order valence-corrected chi connectivity index (χ4v) is 5.36. The summed E-state index contributed by atoms with van der Waals surface area (Å²) in [6.07, 6.45) is 13.8. The zero-order valence-corrected chi connectivity index (χ0v) is 20.8. The highest BCUT2D eigenvalue weighted by Crippen LogP contribution is 2.39. The van der Waals surface area contributed by atoms with Gasteiger partial charge in [0, 0.05) is 28.5 Å². The lowest BCUT2D eigenvalue weighted by Gasteiger charge is -2.14. The van der Waals surface area contributed by atoms with Gasteiger partial charge in [0.25, 0.3) is 0 Å². The summed E-state index contributed by atoms with van der Waals surface area (Å²) >= 11 is 0. The van der Waals surface area contributed by atoms with Crippen molar-refractivity contribution in [2.24, 2.45) is 5.92 Å². The van der Waals surface area contributed by atoms with Gasteiger partial charge in [-0.1, -0.05) is 60.4 Å². The average molecular weight is 463 g/mol.